The fourth-order valence-corrected chi connectivity index (χ4v) is 2.72. The lowest BCUT2D eigenvalue weighted by atomic mass is 10.1. The number of thiophene rings is 1. The molecule has 1 rings (SSSR count). The van der Waals surface area contributed by atoms with Crippen molar-refractivity contribution in [1.82, 2.24) is 0 Å². The predicted molar refractivity (Wildman–Crippen MR) is 60.0 cm³/mol. The number of hydrogen-bond donors (Lipinski definition) is 1. The summed E-state index contributed by atoms with van der Waals surface area (Å²) in [5.41, 5.74) is 3.27. The third kappa shape index (κ3) is 2.87. The molecule has 1 aromatic heterocycles. The minimum absolute atomic E-state index is 0.0483. The maximum atomic E-state index is 11.6. The highest BCUT2D eigenvalue weighted by Crippen LogP contribution is 2.40. The highest BCUT2D eigenvalue weighted by Gasteiger charge is 2.22. The van der Waals surface area contributed by atoms with Crippen LogP contribution in [0.2, 0.25) is 14.4 Å². The highest BCUT2D eigenvalue weighted by atomic mass is 35.5. The van der Waals surface area contributed by atoms with Gasteiger partial charge in [-0.3, -0.25) is 4.79 Å². The largest absolute Gasteiger partial charge is 0.544 e. The molecule has 4 nitrogen and oxygen atoms in total. The molecule has 0 saturated heterocycles. The number of carboxylic acid groups (broad SMARTS) is 1. The van der Waals surface area contributed by atoms with E-state index in [2.05, 4.69) is 5.73 Å². The van der Waals surface area contributed by atoms with Crippen LogP contribution in [0.4, 0.5) is 0 Å². The van der Waals surface area contributed by atoms with Gasteiger partial charge in [0.1, 0.15) is 10.4 Å². The van der Waals surface area contributed by atoms with Gasteiger partial charge in [-0.05, 0) is 0 Å². The van der Waals surface area contributed by atoms with E-state index in [-0.39, 0.29) is 25.7 Å². The molecule has 1 aromatic rings. The minimum atomic E-state index is -1.39. The quantitative estimate of drug-likeness (QED) is 0.828. The molecule has 0 fully saturated rings. The number of Topliss-reactive ketones (excluding diaryl/α,β-unsaturated/α-hetero) is 1. The Bertz CT molecular complexity index is 446. The van der Waals surface area contributed by atoms with E-state index < -0.39 is 17.8 Å². The maximum Gasteiger partial charge on any atom is 0.180 e. The number of hydrogen-bond acceptors (Lipinski definition) is 4. The molecule has 0 saturated carbocycles. The number of carbonyl (C=O) groups is 2. The zero-order valence-electron chi connectivity index (χ0n) is 7.76. The average molecular weight is 303 g/mol. The Kier molecular flexibility index (Phi) is 4.58. The first-order chi connectivity index (χ1) is 7.34. The second kappa shape index (κ2) is 5.33. The van der Waals surface area contributed by atoms with Gasteiger partial charge in [0.2, 0.25) is 0 Å². The molecule has 0 aliphatic carbocycles. The topological polar surface area (TPSA) is 84.8 Å². The molecule has 1 atom stereocenters. The Labute approximate surface area is 110 Å². The molecule has 16 heavy (non-hydrogen) atoms. The zero-order chi connectivity index (χ0) is 12.5. The fraction of sp³-hybridized carbons (Fsp3) is 0.250. The Hall–Kier alpha value is -0.330. The average Bonchev–Trinajstić information content (AvgIpc) is 2.45. The molecule has 3 N–H and O–H groups in total. The summed E-state index contributed by atoms with van der Waals surface area (Å²) < 4.78 is 0.198. The van der Waals surface area contributed by atoms with Gasteiger partial charge in [-0.1, -0.05) is 34.8 Å². The molecule has 0 aliphatic heterocycles. The lowest BCUT2D eigenvalue weighted by molar-refractivity contribution is -0.435. The summed E-state index contributed by atoms with van der Waals surface area (Å²) in [7, 11) is 0. The van der Waals surface area contributed by atoms with Gasteiger partial charge >= 0.3 is 0 Å². The van der Waals surface area contributed by atoms with Gasteiger partial charge < -0.3 is 15.6 Å². The maximum absolute atomic E-state index is 11.6. The number of carboxylic acids is 1. The number of quaternary nitrogens is 1. The SMILES string of the molecule is [NH3+][C@H](CC(=O)c1sc(Cl)c(Cl)c1Cl)C(=O)[O-]. The van der Waals surface area contributed by atoms with Gasteiger partial charge in [0.15, 0.2) is 5.78 Å². The Balaban J connectivity index is 2.89. The predicted octanol–water partition coefficient (Wildman–Crippen LogP) is 0.641. The highest BCUT2D eigenvalue weighted by molar-refractivity contribution is 7.19. The third-order valence-electron chi connectivity index (χ3n) is 1.77. The molecule has 0 aromatic carbocycles. The number of aliphatic carboxylic acids is 1. The molecule has 0 bridgehead atoms. The van der Waals surface area contributed by atoms with Crippen LogP contribution in [-0.4, -0.2) is 17.8 Å². The Morgan fingerprint density at radius 2 is 1.88 bits per heavy atom. The first-order valence-corrected chi connectivity index (χ1v) is 6.00. The van der Waals surface area contributed by atoms with Crippen LogP contribution in [-0.2, 0) is 4.79 Å². The molecule has 0 aliphatic rings. The van der Waals surface area contributed by atoms with Crippen molar-refractivity contribution in [3.05, 3.63) is 19.3 Å². The van der Waals surface area contributed by atoms with Crippen molar-refractivity contribution < 1.29 is 20.4 Å². The molecule has 0 unspecified atom stereocenters. The van der Waals surface area contributed by atoms with Crippen molar-refractivity contribution in [2.75, 3.05) is 0 Å². The summed E-state index contributed by atoms with van der Waals surface area (Å²) in [4.78, 5) is 22.2. The van der Waals surface area contributed by atoms with Crippen LogP contribution in [0.5, 0.6) is 0 Å². The van der Waals surface area contributed by atoms with Crippen LogP contribution in [0.15, 0.2) is 0 Å². The number of ketones is 1. The van der Waals surface area contributed by atoms with Gasteiger partial charge in [0, 0.05) is 0 Å². The Morgan fingerprint density at radius 3 is 2.25 bits per heavy atom. The molecular formula is C8H6Cl3NO3S. The summed E-state index contributed by atoms with van der Waals surface area (Å²) in [6.07, 6.45) is -0.296. The Morgan fingerprint density at radius 1 is 1.31 bits per heavy atom. The van der Waals surface area contributed by atoms with Crippen molar-refractivity contribution >= 4 is 57.9 Å². The second-order valence-electron chi connectivity index (χ2n) is 2.98. The minimum Gasteiger partial charge on any atom is -0.544 e. The summed E-state index contributed by atoms with van der Waals surface area (Å²) in [6, 6.07) is -1.12. The summed E-state index contributed by atoms with van der Waals surface area (Å²) in [6.45, 7) is 0. The van der Waals surface area contributed by atoms with Gasteiger partial charge in [0.25, 0.3) is 0 Å². The standard InChI is InChI=1S/C8H6Cl3NO3S/c9-4-5(10)7(11)16-6(4)3(13)1-2(12)8(14)15/h2H,1,12H2,(H,14,15)/t2-/m1/s1. The van der Waals surface area contributed by atoms with E-state index in [1.54, 1.807) is 0 Å². The normalized spacial score (nSPS) is 12.5. The second-order valence-corrected chi connectivity index (χ2v) is 5.35. The van der Waals surface area contributed by atoms with Gasteiger partial charge in [-0.2, -0.15) is 0 Å². The van der Waals surface area contributed by atoms with Crippen molar-refractivity contribution in [3.63, 3.8) is 0 Å². The first-order valence-electron chi connectivity index (χ1n) is 4.05. The summed E-state index contributed by atoms with van der Waals surface area (Å²) >= 11 is 18.1. The fourth-order valence-electron chi connectivity index (χ4n) is 0.944. The van der Waals surface area contributed by atoms with Crippen molar-refractivity contribution in [1.29, 1.82) is 0 Å². The van der Waals surface area contributed by atoms with Crippen molar-refractivity contribution in [2.24, 2.45) is 0 Å². The van der Waals surface area contributed by atoms with Crippen LogP contribution in [0.3, 0.4) is 0 Å². The monoisotopic (exact) mass is 301 g/mol. The molecular weight excluding hydrogens is 297 g/mol. The van der Waals surface area contributed by atoms with E-state index >= 15 is 0 Å². The molecule has 1 heterocycles. The molecule has 88 valence electrons. The van der Waals surface area contributed by atoms with Crippen LogP contribution in [0, 0.1) is 0 Å². The van der Waals surface area contributed by atoms with Gasteiger partial charge in [-0.15, -0.1) is 11.3 Å². The number of halogens is 3. The van der Waals surface area contributed by atoms with E-state index in [0.29, 0.717) is 0 Å². The number of rotatable bonds is 4. The molecule has 0 amide bonds. The van der Waals surface area contributed by atoms with Crippen LogP contribution >= 0.6 is 46.1 Å². The summed E-state index contributed by atoms with van der Waals surface area (Å²) in [5.74, 6) is -1.86. The summed E-state index contributed by atoms with van der Waals surface area (Å²) in [5, 5.41) is 10.6. The van der Waals surface area contributed by atoms with E-state index in [4.69, 9.17) is 34.8 Å². The van der Waals surface area contributed by atoms with Crippen molar-refractivity contribution in [3.8, 4) is 0 Å². The smallest absolute Gasteiger partial charge is 0.180 e. The van der Waals surface area contributed by atoms with Crippen LogP contribution < -0.4 is 10.8 Å². The van der Waals surface area contributed by atoms with Crippen LogP contribution in [0.1, 0.15) is 16.1 Å². The molecule has 8 heteroatoms. The lowest BCUT2D eigenvalue weighted by Gasteiger charge is -2.07. The van der Waals surface area contributed by atoms with E-state index in [1.807, 2.05) is 0 Å². The zero-order valence-corrected chi connectivity index (χ0v) is 10.8. The van der Waals surface area contributed by atoms with Gasteiger partial charge in [-0.25, -0.2) is 0 Å². The first kappa shape index (κ1) is 13.7. The van der Waals surface area contributed by atoms with Gasteiger partial charge in [0.05, 0.1) is 27.3 Å². The van der Waals surface area contributed by atoms with E-state index in [0.717, 1.165) is 11.3 Å². The third-order valence-corrected chi connectivity index (χ3v) is 4.39. The molecule has 0 spiro atoms. The molecule has 0 radical (unpaired) electrons. The van der Waals surface area contributed by atoms with E-state index in [1.165, 1.54) is 0 Å². The van der Waals surface area contributed by atoms with Crippen molar-refractivity contribution in [2.45, 2.75) is 12.5 Å². The number of carbonyl (C=O) groups excluding carboxylic acids is 2. The van der Waals surface area contributed by atoms with E-state index in [9.17, 15) is 14.7 Å². The lowest BCUT2D eigenvalue weighted by Crippen LogP contribution is -2.68. The van der Waals surface area contributed by atoms with Crippen LogP contribution in [0.25, 0.3) is 0 Å².